The highest BCUT2D eigenvalue weighted by Crippen LogP contribution is 2.27. The van der Waals surface area contributed by atoms with E-state index in [0.29, 0.717) is 6.42 Å². The van der Waals surface area contributed by atoms with Crippen LogP contribution in [0.3, 0.4) is 0 Å². The van der Waals surface area contributed by atoms with Gasteiger partial charge >= 0.3 is 0 Å². The lowest BCUT2D eigenvalue weighted by Gasteiger charge is -2.22. The number of carbonyl (C=O) groups excluding carboxylic acids is 1. The third-order valence-corrected chi connectivity index (χ3v) is 4.55. The SMILES string of the molecule is C=C(Nc1c(NC(CC)c2cc(F)cc(F)c2)c(=O)c1=O)/C(O)=C(\C=C/C)C(=O)NC. The van der Waals surface area contributed by atoms with E-state index in [-0.39, 0.29) is 28.2 Å². The quantitative estimate of drug-likeness (QED) is 0.210. The van der Waals surface area contributed by atoms with Crippen molar-refractivity contribution in [2.45, 2.75) is 26.3 Å². The van der Waals surface area contributed by atoms with Crippen LogP contribution in [0.2, 0.25) is 0 Å². The van der Waals surface area contributed by atoms with Gasteiger partial charge in [0, 0.05) is 13.1 Å². The van der Waals surface area contributed by atoms with Crippen LogP contribution in [0.5, 0.6) is 0 Å². The Kier molecular flexibility index (Phi) is 7.47. The standard InChI is InChI=1S/C22H23F2N3O4/c1-5-7-15(22(31)25-4)19(28)11(3)26-17-18(21(30)20(17)29)27-16(6-2)12-8-13(23)10-14(24)9-12/h5,7-10,16,26-28H,3,6H2,1-2,4H3,(H,25,31)/b7-5-,19-15-. The minimum Gasteiger partial charge on any atom is -0.505 e. The van der Waals surface area contributed by atoms with Crippen molar-refractivity contribution < 1.29 is 18.7 Å². The van der Waals surface area contributed by atoms with Gasteiger partial charge in [0.25, 0.3) is 16.8 Å². The van der Waals surface area contributed by atoms with E-state index in [9.17, 15) is 28.3 Å². The van der Waals surface area contributed by atoms with Crippen LogP contribution >= 0.6 is 0 Å². The summed E-state index contributed by atoms with van der Waals surface area (Å²) in [5.74, 6) is -2.64. The number of hydrogen-bond acceptors (Lipinski definition) is 6. The molecular weight excluding hydrogens is 408 g/mol. The predicted octanol–water partition coefficient (Wildman–Crippen LogP) is 3.18. The highest BCUT2D eigenvalue weighted by Gasteiger charge is 2.25. The average Bonchev–Trinajstić information content (AvgIpc) is 2.74. The minimum absolute atomic E-state index is 0.0996. The maximum atomic E-state index is 13.6. The Labute approximate surface area is 177 Å². The van der Waals surface area contributed by atoms with Crippen molar-refractivity contribution in [1.29, 1.82) is 0 Å². The molecule has 2 aromatic rings. The smallest absolute Gasteiger partial charge is 0.254 e. The first-order chi connectivity index (χ1) is 14.6. The summed E-state index contributed by atoms with van der Waals surface area (Å²) in [7, 11) is 1.38. The Morgan fingerprint density at radius 2 is 1.74 bits per heavy atom. The van der Waals surface area contributed by atoms with Crippen molar-refractivity contribution in [2.24, 2.45) is 0 Å². The zero-order valence-corrected chi connectivity index (χ0v) is 17.3. The Balaban J connectivity index is 2.34. The number of halogens is 2. The molecule has 0 aliphatic heterocycles. The highest BCUT2D eigenvalue weighted by atomic mass is 19.1. The van der Waals surface area contributed by atoms with Gasteiger partial charge in [-0.2, -0.15) is 0 Å². The largest absolute Gasteiger partial charge is 0.505 e. The van der Waals surface area contributed by atoms with Crippen LogP contribution in [0.4, 0.5) is 20.2 Å². The van der Waals surface area contributed by atoms with Crippen LogP contribution in [0.15, 0.2) is 63.5 Å². The normalized spacial score (nSPS) is 13.1. The van der Waals surface area contributed by atoms with E-state index in [1.165, 1.54) is 19.2 Å². The van der Waals surface area contributed by atoms with Crippen LogP contribution in [-0.2, 0) is 4.79 Å². The van der Waals surface area contributed by atoms with E-state index in [1.807, 2.05) is 0 Å². The fourth-order valence-corrected chi connectivity index (χ4v) is 2.96. The number of anilines is 2. The van der Waals surface area contributed by atoms with E-state index in [2.05, 4.69) is 22.5 Å². The van der Waals surface area contributed by atoms with Gasteiger partial charge in [-0.05, 0) is 37.1 Å². The molecule has 2 rings (SSSR count). The molecule has 0 saturated carbocycles. The fraction of sp³-hybridized carbons (Fsp3) is 0.227. The van der Waals surface area contributed by atoms with E-state index < -0.39 is 40.2 Å². The molecular formula is C22H23F2N3O4. The number of aliphatic hydroxyl groups is 1. The third-order valence-electron chi connectivity index (χ3n) is 4.55. The van der Waals surface area contributed by atoms with Crippen molar-refractivity contribution >= 4 is 17.3 Å². The molecule has 0 saturated heterocycles. The summed E-state index contributed by atoms with van der Waals surface area (Å²) in [5.41, 5.74) is -1.99. The molecule has 0 heterocycles. The molecule has 0 bridgehead atoms. The average molecular weight is 431 g/mol. The number of amides is 1. The van der Waals surface area contributed by atoms with Gasteiger partial charge in [-0.1, -0.05) is 19.6 Å². The molecule has 0 fully saturated rings. The van der Waals surface area contributed by atoms with Gasteiger partial charge in [0.1, 0.15) is 23.0 Å². The van der Waals surface area contributed by atoms with Crippen LogP contribution in [0, 0.1) is 11.6 Å². The predicted molar refractivity (Wildman–Crippen MR) is 116 cm³/mol. The summed E-state index contributed by atoms with van der Waals surface area (Å²) in [6.07, 6.45) is 3.24. The number of hydrogen-bond donors (Lipinski definition) is 4. The van der Waals surface area contributed by atoms with Gasteiger partial charge < -0.3 is 21.1 Å². The number of benzene rings is 1. The summed E-state index contributed by atoms with van der Waals surface area (Å²) < 4.78 is 27.1. The first kappa shape index (κ1) is 23.5. The molecule has 164 valence electrons. The molecule has 2 aromatic carbocycles. The summed E-state index contributed by atoms with van der Waals surface area (Å²) in [4.78, 5) is 36.1. The van der Waals surface area contributed by atoms with Crippen LogP contribution in [0.1, 0.15) is 31.9 Å². The zero-order valence-electron chi connectivity index (χ0n) is 17.3. The Morgan fingerprint density at radius 3 is 2.26 bits per heavy atom. The minimum atomic E-state index is -0.857. The fourth-order valence-electron chi connectivity index (χ4n) is 2.96. The van der Waals surface area contributed by atoms with Gasteiger partial charge in [-0.3, -0.25) is 14.4 Å². The number of allylic oxidation sites excluding steroid dienone is 1. The second kappa shape index (κ2) is 9.84. The molecule has 0 radical (unpaired) electrons. The van der Waals surface area contributed by atoms with Crippen molar-refractivity contribution in [3.63, 3.8) is 0 Å². The molecule has 4 N–H and O–H groups in total. The molecule has 7 nitrogen and oxygen atoms in total. The molecule has 9 heteroatoms. The first-order valence-corrected chi connectivity index (χ1v) is 9.44. The summed E-state index contributed by atoms with van der Waals surface area (Å²) in [5, 5.41) is 18.1. The number of rotatable bonds is 9. The van der Waals surface area contributed by atoms with Gasteiger partial charge in [0.2, 0.25) is 0 Å². The van der Waals surface area contributed by atoms with Crippen molar-refractivity contribution in [1.82, 2.24) is 5.32 Å². The second-order valence-electron chi connectivity index (χ2n) is 6.66. The Hall–Kier alpha value is -3.75. The number of nitrogens with one attached hydrogen (secondary N) is 3. The summed E-state index contributed by atoms with van der Waals surface area (Å²) in [6, 6.07) is 2.33. The number of carbonyl (C=O) groups is 1. The maximum absolute atomic E-state index is 13.6. The van der Waals surface area contributed by atoms with Gasteiger partial charge in [-0.15, -0.1) is 0 Å². The van der Waals surface area contributed by atoms with E-state index >= 15 is 0 Å². The monoisotopic (exact) mass is 431 g/mol. The van der Waals surface area contributed by atoms with Crippen LogP contribution in [-0.4, -0.2) is 18.1 Å². The lowest BCUT2D eigenvalue weighted by molar-refractivity contribution is -0.116. The molecule has 1 unspecified atom stereocenters. The molecule has 0 spiro atoms. The van der Waals surface area contributed by atoms with Crippen LogP contribution < -0.4 is 26.8 Å². The van der Waals surface area contributed by atoms with Crippen molar-refractivity contribution in [3.05, 3.63) is 91.6 Å². The van der Waals surface area contributed by atoms with Gasteiger partial charge in [0.15, 0.2) is 5.76 Å². The maximum Gasteiger partial charge on any atom is 0.254 e. The molecule has 1 amide bonds. The summed E-state index contributed by atoms with van der Waals surface area (Å²) in [6.45, 7) is 6.99. The van der Waals surface area contributed by atoms with E-state index in [1.54, 1.807) is 13.8 Å². The molecule has 0 aliphatic carbocycles. The molecule has 0 aliphatic rings. The second-order valence-corrected chi connectivity index (χ2v) is 6.66. The summed E-state index contributed by atoms with van der Waals surface area (Å²) >= 11 is 0. The Morgan fingerprint density at radius 1 is 1.16 bits per heavy atom. The molecule has 1 atom stereocenters. The first-order valence-electron chi connectivity index (χ1n) is 9.44. The van der Waals surface area contributed by atoms with E-state index in [0.717, 1.165) is 18.2 Å². The number of likely N-dealkylation sites (N-methyl/N-ethyl adjacent to an activating group) is 1. The van der Waals surface area contributed by atoms with Crippen LogP contribution in [0.25, 0.3) is 0 Å². The molecule has 0 aromatic heterocycles. The van der Waals surface area contributed by atoms with Crippen molar-refractivity contribution in [2.75, 3.05) is 17.7 Å². The van der Waals surface area contributed by atoms with Gasteiger partial charge in [0.05, 0.1) is 17.3 Å². The lowest BCUT2D eigenvalue weighted by atomic mass is 10.0. The third kappa shape index (κ3) is 5.06. The topological polar surface area (TPSA) is 108 Å². The zero-order chi connectivity index (χ0) is 23.3. The van der Waals surface area contributed by atoms with E-state index in [4.69, 9.17) is 0 Å². The Bertz CT molecular complexity index is 1120. The molecule has 31 heavy (non-hydrogen) atoms. The van der Waals surface area contributed by atoms with Gasteiger partial charge in [-0.25, -0.2) is 8.78 Å². The number of aliphatic hydroxyl groups excluding tert-OH is 1. The highest BCUT2D eigenvalue weighted by molar-refractivity contribution is 5.97. The van der Waals surface area contributed by atoms with Crippen molar-refractivity contribution in [3.8, 4) is 0 Å². The lowest BCUT2D eigenvalue weighted by Crippen LogP contribution is -2.38.